The highest BCUT2D eigenvalue weighted by atomic mass is 32.2. The molecule has 4 nitrogen and oxygen atoms in total. The molecule has 1 aliphatic heterocycles. The first kappa shape index (κ1) is 25.2. The molecule has 0 N–H and O–H groups in total. The van der Waals surface area contributed by atoms with Gasteiger partial charge in [0, 0.05) is 31.2 Å². The Bertz CT molecular complexity index is 1050. The molecule has 3 aromatic rings. The molecule has 182 valence electrons. The molecule has 0 radical (unpaired) electrons. The van der Waals surface area contributed by atoms with E-state index in [4.69, 9.17) is 4.43 Å². The number of imidazole rings is 1. The Labute approximate surface area is 211 Å². The van der Waals surface area contributed by atoms with Crippen LogP contribution in [0.5, 0.6) is 0 Å². The molecule has 2 aromatic carbocycles. The van der Waals surface area contributed by atoms with Crippen molar-refractivity contribution in [1.82, 2.24) is 14.5 Å². The second-order valence-corrected chi connectivity index (χ2v) is 14.4. The van der Waals surface area contributed by atoms with Crippen molar-refractivity contribution in [3.8, 4) is 0 Å². The van der Waals surface area contributed by atoms with Gasteiger partial charge in [-0.15, -0.1) is 11.8 Å². The number of aryl methyl sites for hydroxylation is 1. The fourth-order valence-electron chi connectivity index (χ4n) is 5.05. The van der Waals surface area contributed by atoms with Crippen LogP contribution >= 0.6 is 11.8 Å². The third-order valence-electron chi connectivity index (χ3n) is 6.93. The number of nitrogens with zero attached hydrogens (tertiary/aromatic N) is 3. The molecule has 3 atom stereocenters. The van der Waals surface area contributed by atoms with Gasteiger partial charge in [-0.3, -0.25) is 4.90 Å². The number of benzene rings is 2. The zero-order chi connectivity index (χ0) is 24.3. The van der Waals surface area contributed by atoms with Gasteiger partial charge in [-0.1, -0.05) is 69.3 Å². The van der Waals surface area contributed by atoms with Gasteiger partial charge in [0.1, 0.15) is 5.72 Å². The molecule has 1 saturated heterocycles. The Morgan fingerprint density at radius 1 is 1.09 bits per heavy atom. The van der Waals surface area contributed by atoms with Crippen LogP contribution in [-0.2, 0) is 18.0 Å². The highest BCUT2D eigenvalue weighted by molar-refractivity contribution is 7.99. The van der Waals surface area contributed by atoms with E-state index >= 15 is 0 Å². The molecule has 4 rings (SSSR count). The number of hydrogen-bond donors (Lipinski definition) is 0. The van der Waals surface area contributed by atoms with Crippen LogP contribution in [0.15, 0.2) is 78.1 Å². The first-order valence-electron chi connectivity index (χ1n) is 12.3. The second kappa shape index (κ2) is 10.4. The van der Waals surface area contributed by atoms with E-state index in [1.165, 1.54) is 16.2 Å². The van der Waals surface area contributed by atoms with E-state index in [0.717, 1.165) is 19.5 Å². The maximum absolute atomic E-state index is 7.23. The van der Waals surface area contributed by atoms with Gasteiger partial charge in [0.05, 0.1) is 17.3 Å². The summed E-state index contributed by atoms with van der Waals surface area (Å²) < 4.78 is 9.40. The predicted molar refractivity (Wildman–Crippen MR) is 145 cm³/mol. The van der Waals surface area contributed by atoms with Gasteiger partial charge < -0.3 is 8.99 Å². The predicted octanol–water partition coefficient (Wildman–Crippen LogP) is 6.52. The Morgan fingerprint density at radius 3 is 2.29 bits per heavy atom. The molecule has 0 aliphatic carbocycles. The van der Waals surface area contributed by atoms with Crippen LogP contribution in [0.4, 0.5) is 0 Å². The SMILES string of the molecule is Cn1cncc1C(Sc1ccccc1)[C@@]1(O[SiH](C)C)C[C@H](C(C)(C)C)CN1Cc1ccccc1. The highest BCUT2D eigenvalue weighted by Crippen LogP contribution is 2.55. The molecule has 6 heteroatoms. The summed E-state index contributed by atoms with van der Waals surface area (Å²) in [5, 5.41) is 0.105. The molecule has 34 heavy (non-hydrogen) atoms. The lowest BCUT2D eigenvalue weighted by Gasteiger charge is -2.45. The van der Waals surface area contributed by atoms with Gasteiger partial charge in [-0.05, 0) is 48.5 Å². The van der Waals surface area contributed by atoms with Crippen molar-refractivity contribution >= 4 is 20.8 Å². The third-order valence-corrected chi connectivity index (χ3v) is 9.19. The molecule has 1 aromatic heterocycles. The average molecular weight is 494 g/mol. The Kier molecular flexibility index (Phi) is 7.72. The summed E-state index contributed by atoms with van der Waals surface area (Å²) in [4.78, 5) is 8.45. The summed E-state index contributed by atoms with van der Waals surface area (Å²) in [6, 6.07) is 21.6. The molecule has 1 unspecified atom stereocenters. The molecule has 0 bridgehead atoms. The number of likely N-dealkylation sites (tertiary alicyclic amines) is 1. The summed E-state index contributed by atoms with van der Waals surface area (Å²) in [5.74, 6) is 0.538. The molecule has 0 spiro atoms. The minimum absolute atomic E-state index is 0.105. The molecular weight excluding hydrogens is 454 g/mol. The van der Waals surface area contributed by atoms with Crippen molar-refractivity contribution in [2.24, 2.45) is 18.4 Å². The first-order valence-corrected chi connectivity index (χ1v) is 16.0. The van der Waals surface area contributed by atoms with Crippen LogP contribution in [-0.4, -0.2) is 35.8 Å². The van der Waals surface area contributed by atoms with Gasteiger partial charge in [-0.25, -0.2) is 4.98 Å². The standard InChI is InChI=1S/C28H39N3OSSi/c1-27(2,3)23-17-28(32-34(5)6,31(20-23)19-22-13-9-7-10-14-22)26(25-18-29-21-30(25)4)33-24-15-11-8-12-16-24/h7-16,18,21,23,26,34H,17,19-20H2,1-6H3/t23-,26?,28-/m0/s1. The zero-order valence-electron chi connectivity index (χ0n) is 21.4. The van der Waals surface area contributed by atoms with Crippen LogP contribution in [0.1, 0.15) is 43.7 Å². The Morgan fingerprint density at radius 2 is 1.74 bits per heavy atom. The van der Waals surface area contributed by atoms with E-state index in [1.54, 1.807) is 0 Å². The smallest absolute Gasteiger partial charge is 0.173 e. The fraction of sp³-hybridized carbons (Fsp3) is 0.464. The van der Waals surface area contributed by atoms with Gasteiger partial charge in [0.2, 0.25) is 0 Å². The number of aromatic nitrogens is 2. The van der Waals surface area contributed by atoms with Crippen LogP contribution < -0.4 is 0 Å². The average Bonchev–Trinajstić information content (AvgIpc) is 3.37. The third kappa shape index (κ3) is 5.51. The topological polar surface area (TPSA) is 30.3 Å². The summed E-state index contributed by atoms with van der Waals surface area (Å²) >= 11 is 1.92. The van der Waals surface area contributed by atoms with Crippen molar-refractivity contribution in [2.75, 3.05) is 6.54 Å². The van der Waals surface area contributed by atoms with E-state index < -0.39 is 14.8 Å². The monoisotopic (exact) mass is 493 g/mol. The maximum atomic E-state index is 7.23. The summed E-state index contributed by atoms with van der Waals surface area (Å²) in [7, 11) is 0.723. The second-order valence-electron chi connectivity index (χ2n) is 10.9. The van der Waals surface area contributed by atoms with Gasteiger partial charge in [0.15, 0.2) is 9.04 Å². The normalized spacial score (nSPS) is 22.4. The molecular formula is C28H39N3OSSi. The minimum atomic E-state index is -1.39. The van der Waals surface area contributed by atoms with Gasteiger partial charge in [-0.2, -0.15) is 0 Å². The van der Waals surface area contributed by atoms with Crippen molar-refractivity contribution < 1.29 is 4.43 Å². The van der Waals surface area contributed by atoms with E-state index in [-0.39, 0.29) is 10.7 Å². The van der Waals surface area contributed by atoms with Crippen LogP contribution in [0.3, 0.4) is 0 Å². The lowest BCUT2D eigenvalue weighted by Crippen LogP contribution is -2.52. The highest BCUT2D eigenvalue weighted by Gasteiger charge is 2.55. The maximum Gasteiger partial charge on any atom is 0.173 e. The Balaban J connectivity index is 1.85. The molecule has 1 aliphatic rings. The van der Waals surface area contributed by atoms with Crippen LogP contribution in [0, 0.1) is 11.3 Å². The number of thioether (sulfide) groups is 1. The number of rotatable bonds is 8. The summed E-state index contributed by atoms with van der Waals surface area (Å²) in [6.45, 7) is 13.7. The van der Waals surface area contributed by atoms with Gasteiger partial charge >= 0.3 is 0 Å². The summed E-state index contributed by atoms with van der Waals surface area (Å²) in [5.41, 5.74) is 2.36. The minimum Gasteiger partial charge on any atom is -0.401 e. The lowest BCUT2D eigenvalue weighted by molar-refractivity contribution is -0.0678. The number of hydrogen-bond acceptors (Lipinski definition) is 4. The largest absolute Gasteiger partial charge is 0.401 e. The van der Waals surface area contributed by atoms with Crippen LogP contribution in [0.2, 0.25) is 13.1 Å². The van der Waals surface area contributed by atoms with E-state index in [0.29, 0.717) is 5.92 Å². The van der Waals surface area contributed by atoms with E-state index in [2.05, 4.69) is 116 Å². The molecule has 0 amide bonds. The van der Waals surface area contributed by atoms with Crippen molar-refractivity contribution in [2.45, 2.75) is 62.7 Å². The molecule has 2 heterocycles. The van der Waals surface area contributed by atoms with E-state index in [9.17, 15) is 0 Å². The van der Waals surface area contributed by atoms with Crippen molar-refractivity contribution in [3.63, 3.8) is 0 Å². The van der Waals surface area contributed by atoms with E-state index in [1.807, 2.05) is 24.3 Å². The lowest BCUT2D eigenvalue weighted by atomic mass is 9.78. The zero-order valence-corrected chi connectivity index (χ0v) is 23.4. The summed E-state index contributed by atoms with van der Waals surface area (Å²) in [6.07, 6.45) is 4.98. The van der Waals surface area contributed by atoms with Crippen LogP contribution in [0.25, 0.3) is 0 Å². The molecule has 0 saturated carbocycles. The Hall–Kier alpha value is -1.86. The van der Waals surface area contributed by atoms with Gasteiger partial charge in [0.25, 0.3) is 0 Å². The van der Waals surface area contributed by atoms with Crippen molar-refractivity contribution in [1.29, 1.82) is 0 Å². The first-order chi connectivity index (χ1) is 16.2. The quantitative estimate of drug-likeness (QED) is 0.264. The molecule has 1 fully saturated rings. The fourth-order valence-corrected chi connectivity index (χ4v) is 7.77. The van der Waals surface area contributed by atoms with Crippen molar-refractivity contribution in [3.05, 3.63) is 84.4 Å².